The Bertz CT molecular complexity index is 306. The van der Waals surface area contributed by atoms with Crippen LogP contribution in [-0.2, 0) is 4.79 Å². The molecule has 0 bridgehead atoms. The number of piperazine rings is 2. The molecular formula is C13H27N5O. The minimum Gasteiger partial charge on any atom is -0.314 e. The van der Waals surface area contributed by atoms with Gasteiger partial charge in [0.25, 0.3) is 5.91 Å². The lowest BCUT2D eigenvalue weighted by Gasteiger charge is -2.41. The van der Waals surface area contributed by atoms with Gasteiger partial charge in [0.05, 0.1) is 5.54 Å². The summed E-state index contributed by atoms with van der Waals surface area (Å²) in [6.07, 6.45) is 0. The summed E-state index contributed by atoms with van der Waals surface area (Å²) in [5.74, 6) is 0.110. The molecule has 2 rings (SSSR count). The van der Waals surface area contributed by atoms with Crippen LogP contribution in [-0.4, -0.2) is 85.7 Å². The number of hydrazine groups is 1. The van der Waals surface area contributed by atoms with Crippen LogP contribution in [0.25, 0.3) is 0 Å². The van der Waals surface area contributed by atoms with Crippen LogP contribution in [0.1, 0.15) is 13.8 Å². The van der Waals surface area contributed by atoms with Crippen LogP contribution in [0.3, 0.4) is 0 Å². The fraction of sp³-hybridized carbons (Fsp3) is 0.923. The smallest absolute Gasteiger partial charge is 0.254 e. The Morgan fingerprint density at radius 2 is 1.63 bits per heavy atom. The highest BCUT2D eigenvalue weighted by Crippen LogP contribution is 2.15. The highest BCUT2D eigenvalue weighted by atomic mass is 16.2. The van der Waals surface area contributed by atoms with Gasteiger partial charge in [-0.1, -0.05) is 0 Å². The second-order valence-electron chi connectivity index (χ2n) is 6.03. The maximum atomic E-state index is 12.5. The zero-order chi connectivity index (χ0) is 13.9. The Hall–Kier alpha value is -0.690. The van der Waals surface area contributed by atoms with Gasteiger partial charge in [0, 0.05) is 52.4 Å². The highest BCUT2D eigenvalue weighted by Gasteiger charge is 2.36. The first-order chi connectivity index (χ1) is 9.00. The van der Waals surface area contributed by atoms with Gasteiger partial charge in [-0.3, -0.25) is 15.1 Å². The maximum absolute atomic E-state index is 12.5. The lowest BCUT2D eigenvalue weighted by molar-refractivity contribution is -0.138. The van der Waals surface area contributed by atoms with E-state index in [0.29, 0.717) is 0 Å². The minimum absolute atomic E-state index is 0.110. The summed E-state index contributed by atoms with van der Waals surface area (Å²) in [5.41, 5.74) is 2.64. The van der Waals surface area contributed by atoms with Crippen LogP contribution in [0.15, 0.2) is 0 Å². The van der Waals surface area contributed by atoms with Gasteiger partial charge in [-0.2, -0.15) is 0 Å². The number of carbonyl (C=O) groups is 1. The predicted octanol–water partition coefficient (Wildman–Crippen LogP) is -1.05. The molecule has 110 valence electrons. The Kier molecular flexibility index (Phi) is 4.78. The van der Waals surface area contributed by atoms with Crippen molar-refractivity contribution in [3.05, 3.63) is 0 Å². The van der Waals surface area contributed by atoms with Crippen LogP contribution >= 0.6 is 0 Å². The van der Waals surface area contributed by atoms with E-state index in [-0.39, 0.29) is 5.91 Å². The lowest BCUT2D eigenvalue weighted by Crippen LogP contribution is -2.63. The average Bonchev–Trinajstić information content (AvgIpc) is 2.42. The molecule has 0 aromatic heterocycles. The van der Waals surface area contributed by atoms with Crippen LogP contribution in [0.4, 0.5) is 0 Å². The molecule has 0 unspecified atom stereocenters. The summed E-state index contributed by atoms with van der Waals surface area (Å²) in [6, 6.07) is 0. The van der Waals surface area contributed by atoms with Crippen molar-refractivity contribution < 1.29 is 4.79 Å². The van der Waals surface area contributed by atoms with Gasteiger partial charge in [-0.15, -0.1) is 0 Å². The number of hydrogen-bond acceptors (Lipinski definition) is 5. The predicted molar refractivity (Wildman–Crippen MR) is 75.7 cm³/mol. The number of hydrogen-bond donors (Lipinski definition) is 2. The van der Waals surface area contributed by atoms with Crippen LogP contribution in [0, 0.1) is 0 Å². The maximum Gasteiger partial charge on any atom is 0.254 e. The van der Waals surface area contributed by atoms with E-state index in [1.807, 2.05) is 18.9 Å². The molecule has 6 nitrogen and oxygen atoms in total. The van der Waals surface area contributed by atoms with Gasteiger partial charge in [-0.25, -0.2) is 5.01 Å². The number of nitrogens with zero attached hydrogens (tertiary/aromatic N) is 3. The molecule has 6 heteroatoms. The molecule has 0 aromatic carbocycles. The zero-order valence-corrected chi connectivity index (χ0v) is 12.4. The molecular weight excluding hydrogens is 242 g/mol. The van der Waals surface area contributed by atoms with E-state index in [0.717, 1.165) is 52.4 Å². The lowest BCUT2D eigenvalue weighted by atomic mass is 10.0. The topological polar surface area (TPSA) is 50.9 Å². The largest absolute Gasteiger partial charge is 0.314 e. The third kappa shape index (κ3) is 3.66. The molecule has 2 N–H and O–H groups in total. The second-order valence-corrected chi connectivity index (χ2v) is 6.03. The second kappa shape index (κ2) is 6.17. The Labute approximate surface area is 116 Å². The summed E-state index contributed by atoms with van der Waals surface area (Å²) in [6.45, 7) is 11.7. The molecule has 2 aliphatic heterocycles. The monoisotopic (exact) mass is 269 g/mol. The van der Waals surface area contributed by atoms with E-state index in [9.17, 15) is 4.79 Å². The van der Waals surface area contributed by atoms with Crippen molar-refractivity contribution in [1.82, 2.24) is 25.6 Å². The molecule has 0 aromatic rings. The van der Waals surface area contributed by atoms with Gasteiger partial charge in [0.1, 0.15) is 0 Å². The van der Waals surface area contributed by atoms with Gasteiger partial charge in [0.15, 0.2) is 0 Å². The third-order valence-corrected chi connectivity index (χ3v) is 4.23. The van der Waals surface area contributed by atoms with E-state index in [4.69, 9.17) is 0 Å². The molecule has 0 saturated carbocycles. The third-order valence-electron chi connectivity index (χ3n) is 4.23. The number of likely N-dealkylation sites (N-methyl/N-ethyl adjacent to an activating group) is 1. The zero-order valence-electron chi connectivity index (χ0n) is 12.4. The van der Waals surface area contributed by atoms with E-state index < -0.39 is 5.54 Å². The normalized spacial score (nSPS) is 24.4. The number of amides is 1. The average molecular weight is 269 g/mol. The van der Waals surface area contributed by atoms with E-state index in [1.54, 1.807) is 0 Å². The van der Waals surface area contributed by atoms with Crippen molar-refractivity contribution in [2.24, 2.45) is 0 Å². The van der Waals surface area contributed by atoms with E-state index in [2.05, 4.69) is 27.6 Å². The standard InChI is InChI=1S/C13H27N5O/c1-13(2,17-6-4-14-5-7-17)12(19)15-18-10-8-16(3)9-11-18/h14H,4-11H2,1-3H3,(H,15,19). The van der Waals surface area contributed by atoms with Crippen molar-refractivity contribution in [1.29, 1.82) is 0 Å². The van der Waals surface area contributed by atoms with Gasteiger partial charge in [0.2, 0.25) is 0 Å². The fourth-order valence-corrected chi connectivity index (χ4v) is 2.57. The SMILES string of the molecule is CN1CCN(NC(=O)C(C)(C)N2CCNCC2)CC1. The molecule has 19 heavy (non-hydrogen) atoms. The van der Waals surface area contributed by atoms with Crippen molar-refractivity contribution in [3.63, 3.8) is 0 Å². The summed E-state index contributed by atoms with van der Waals surface area (Å²) >= 11 is 0. The van der Waals surface area contributed by atoms with E-state index in [1.165, 1.54) is 0 Å². The molecule has 2 heterocycles. The van der Waals surface area contributed by atoms with Crippen molar-refractivity contribution in [2.75, 3.05) is 59.4 Å². The molecule has 0 aliphatic carbocycles. The van der Waals surface area contributed by atoms with Crippen molar-refractivity contribution in [2.45, 2.75) is 19.4 Å². The van der Waals surface area contributed by atoms with E-state index >= 15 is 0 Å². The molecule has 2 saturated heterocycles. The van der Waals surface area contributed by atoms with Crippen LogP contribution in [0.5, 0.6) is 0 Å². The minimum atomic E-state index is -0.439. The fourth-order valence-electron chi connectivity index (χ4n) is 2.57. The summed E-state index contributed by atoms with van der Waals surface area (Å²) in [4.78, 5) is 17.0. The molecule has 2 aliphatic rings. The summed E-state index contributed by atoms with van der Waals surface area (Å²) in [7, 11) is 2.11. The molecule has 0 radical (unpaired) electrons. The van der Waals surface area contributed by atoms with Gasteiger partial charge < -0.3 is 10.2 Å². The van der Waals surface area contributed by atoms with Crippen molar-refractivity contribution in [3.8, 4) is 0 Å². The molecule has 1 amide bonds. The summed E-state index contributed by atoms with van der Waals surface area (Å²) < 4.78 is 0. The number of nitrogens with one attached hydrogen (secondary N) is 2. The van der Waals surface area contributed by atoms with Crippen LogP contribution in [0.2, 0.25) is 0 Å². The highest BCUT2D eigenvalue weighted by molar-refractivity contribution is 5.85. The van der Waals surface area contributed by atoms with Crippen LogP contribution < -0.4 is 10.7 Å². The Morgan fingerprint density at radius 3 is 2.21 bits per heavy atom. The quantitative estimate of drug-likeness (QED) is 0.685. The van der Waals surface area contributed by atoms with Gasteiger partial charge in [-0.05, 0) is 20.9 Å². The first-order valence-corrected chi connectivity index (χ1v) is 7.20. The first kappa shape index (κ1) is 14.7. The van der Waals surface area contributed by atoms with Crippen molar-refractivity contribution >= 4 is 5.91 Å². The Balaban J connectivity index is 1.87. The number of rotatable bonds is 3. The Morgan fingerprint density at radius 1 is 1.05 bits per heavy atom. The molecule has 0 atom stereocenters. The summed E-state index contributed by atoms with van der Waals surface area (Å²) in [5, 5.41) is 5.37. The molecule has 0 spiro atoms. The number of carbonyl (C=O) groups excluding carboxylic acids is 1. The first-order valence-electron chi connectivity index (χ1n) is 7.20. The van der Waals surface area contributed by atoms with Gasteiger partial charge >= 0.3 is 0 Å². The molecule has 2 fully saturated rings.